The highest BCUT2D eigenvalue weighted by atomic mass is 16.7. The first-order valence-electron chi connectivity index (χ1n) is 5.94. The molecule has 0 aliphatic carbocycles. The molecule has 0 aromatic heterocycles. The monoisotopic (exact) mass is 248 g/mol. The number of carbonyl (C=O) groups excluding carboxylic acids is 1. The van der Waals surface area contributed by atoms with E-state index in [-0.39, 0.29) is 12.7 Å². The Balaban J connectivity index is 2.03. The van der Waals surface area contributed by atoms with Crippen molar-refractivity contribution in [2.24, 2.45) is 5.10 Å². The number of hydrogen-bond acceptors (Lipinski definition) is 4. The molecular weight excluding hydrogens is 232 g/mol. The predicted molar refractivity (Wildman–Crippen MR) is 68.0 cm³/mol. The van der Waals surface area contributed by atoms with Gasteiger partial charge in [0.1, 0.15) is 0 Å². The molecule has 0 bridgehead atoms. The molecule has 5 nitrogen and oxygen atoms in total. The normalized spacial score (nSPS) is 13.6. The molecule has 5 heteroatoms. The van der Waals surface area contributed by atoms with Gasteiger partial charge in [0.05, 0.1) is 0 Å². The summed E-state index contributed by atoms with van der Waals surface area (Å²) in [7, 11) is 0. The zero-order chi connectivity index (χ0) is 13.0. The molecule has 1 amide bonds. The van der Waals surface area contributed by atoms with Gasteiger partial charge in [-0.15, -0.1) is 0 Å². The molecule has 0 radical (unpaired) electrons. The van der Waals surface area contributed by atoms with Crippen LogP contribution in [-0.2, 0) is 0 Å². The number of ether oxygens (including phenoxy) is 2. The number of hydrogen-bond donors (Lipinski definition) is 1. The minimum Gasteiger partial charge on any atom is -0.454 e. The highest BCUT2D eigenvalue weighted by Gasteiger charge is 2.15. The molecule has 0 saturated carbocycles. The number of rotatable bonds is 4. The highest BCUT2D eigenvalue weighted by molar-refractivity contribution is 5.95. The molecular formula is C13H16N2O3. The summed E-state index contributed by atoms with van der Waals surface area (Å²) >= 11 is 0. The lowest BCUT2D eigenvalue weighted by Gasteiger charge is -2.03. The van der Waals surface area contributed by atoms with E-state index in [4.69, 9.17) is 9.47 Å². The van der Waals surface area contributed by atoms with Crippen LogP contribution in [0, 0.1) is 0 Å². The molecule has 0 atom stereocenters. The van der Waals surface area contributed by atoms with Crippen LogP contribution in [-0.4, -0.2) is 18.4 Å². The van der Waals surface area contributed by atoms with E-state index in [9.17, 15) is 4.79 Å². The number of benzene rings is 1. The minimum atomic E-state index is -0.247. The third-order valence-electron chi connectivity index (χ3n) is 2.59. The van der Waals surface area contributed by atoms with Crippen LogP contribution >= 0.6 is 0 Å². The lowest BCUT2D eigenvalue weighted by Crippen LogP contribution is -2.18. The first kappa shape index (κ1) is 12.4. The first-order valence-corrected chi connectivity index (χ1v) is 5.94. The largest absolute Gasteiger partial charge is 0.454 e. The molecule has 1 aromatic rings. The van der Waals surface area contributed by atoms with Gasteiger partial charge in [0.2, 0.25) is 6.79 Å². The van der Waals surface area contributed by atoms with E-state index < -0.39 is 0 Å². The maximum atomic E-state index is 11.8. The van der Waals surface area contributed by atoms with E-state index in [1.807, 2.05) is 6.92 Å². The van der Waals surface area contributed by atoms with E-state index >= 15 is 0 Å². The van der Waals surface area contributed by atoms with E-state index in [0.717, 1.165) is 18.6 Å². The summed E-state index contributed by atoms with van der Waals surface area (Å²) in [5.74, 6) is 1.01. The van der Waals surface area contributed by atoms with Crippen LogP contribution in [0.15, 0.2) is 23.3 Å². The summed E-state index contributed by atoms with van der Waals surface area (Å²) in [6.45, 7) is 4.16. The van der Waals surface area contributed by atoms with E-state index in [1.165, 1.54) is 0 Å². The molecule has 2 rings (SSSR count). The van der Waals surface area contributed by atoms with E-state index in [0.29, 0.717) is 17.1 Å². The van der Waals surface area contributed by atoms with Gasteiger partial charge in [-0.2, -0.15) is 5.10 Å². The van der Waals surface area contributed by atoms with Crippen molar-refractivity contribution in [2.45, 2.75) is 26.7 Å². The van der Waals surface area contributed by atoms with Gasteiger partial charge in [0.25, 0.3) is 5.91 Å². The van der Waals surface area contributed by atoms with Crippen LogP contribution in [0.4, 0.5) is 0 Å². The fourth-order valence-electron chi connectivity index (χ4n) is 1.67. The lowest BCUT2D eigenvalue weighted by molar-refractivity contribution is 0.0954. The fourth-order valence-corrected chi connectivity index (χ4v) is 1.67. The van der Waals surface area contributed by atoms with Crippen LogP contribution in [0.2, 0.25) is 0 Å². The van der Waals surface area contributed by atoms with Gasteiger partial charge in [-0.1, -0.05) is 13.3 Å². The van der Waals surface area contributed by atoms with Crippen molar-refractivity contribution < 1.29 is 14.3 Å². The van der Waals surface area contributed by atoms with Crippen molar-refractivity contribution in [3.8, 4) is 11.5 Å². The van der Waals surface area contributed by atoms with Crippen molar-refractivity contribution in [1.82, 2.24) is 5.43 Å². The second-order valence-electron chi connectivity index (χ2n) is 4.11. The Kier molecular flexibility index (Phi) is 3.82. The topological polar surface area (TPSA) is 59.9 Å². The number of nitrogens with zero attached hydrogens (tertiary/aromatic N) is 1. The Hall–Kier alpha value is -2.04. The SMILES string of the molecule is CCC/C(C)=N\NC(=O)c1ccc2c(c1)OCO2. The Morgan fingerprint density at radius 3 is 2.94 bits per heavy atom. The Labute approximate surface area is 106 Å². The van der Waals surface area contributed by atoms with Gasteiger partial charge < -0.3 is 9.47 Å². The Bertz CT molecular complexity index is 483. The summed E-state index contributed by atoms with van der Waals surface area (Å²) in [6, 6.07) is 5.07. The first-order chi connectivity index (χ1) is 8.70. The number of nitrogens with one attached hydrogen (secondary N) is 1. The van der Waals surface area contributed by atoms with Crippen molar-refractivity contribution >= 4 is 11.6 Å². The summed E-state index contributed by atoms with van der Waals surface area (Å²) < 4.78 is 10.4. The van der Waals surface area contributed by atoms with Crippen molar-refractivity contribution in [1.29, 1.82) is 0 Å². The second kappa shape index (κ2) is 5.53. The van der Waals surface area contributed by atoms with Crippen molar-refractivity contribution in [3.63, 3.8) is 0 Å². The number of fused-ring (bicyclic) bond motifs is 1. The average Bonchev–Trinajstić information content (AvgIpc) is 2.83. The number of carbonyl (C=O) groups is 1. The third kappa shape index (κ3) is 2.80. The molecule has 0 spiro atoms. The van der Waals surface area contributed by atoms with Crippen molar-refractivity contribution in [3.05, 3.63) is 23.8 Å². The molecule has 1 aliphatic rings. The third-order valence-corrected chi connectivity index (χ3v) is 2.59. The highest BCUT2D eigenvalue weighted by Crippen LogP contribution is 2.32. The molecule has 1 aromatic carbocycles. The number of amides is 1. The van der Waals surface area contributed by atoms with Gasteiger partial charge in [-0.05, 0) is 31.5 Å². The molecule has 0 fully saturated rings. The van der Waals surface area contributed by atoms with Gasteiger partial charge >= 0.3 is 0 Å². The summed E-state index contributed by atoms with van der Waals surface area (Å²) in [5.41, 5.74) is 3.94. The molecule has 1 aliphatic heterocycles. The van der Waals surface area contributed by atoms with Crippen LogP contribution in [0.25, 0.3) is 0 Å². The second-order valence-corrected chi connectivity index (χ2v) is 4.11. The average molecular weight is 248 g/mol. The van der Waals surface area contributed by atoms with Gasteiger partial charge in [-0.25, -0.2) is 5.43 Å². The van der Waals surface area contributed by atoms with E-state index in [1.54, 1.807) is 18.2 Å². The summed E-state index contributed by atoms with van der Waals surface area (Å²) in [4.78, 5) is 11.8. The van der Waals surface area contributed by atoms with Gasteiger partial charge in [0, 0.05) is 11.3 Å². The lowest BCUT2D eigenvalue weighted by atomic mass is 10.2. The van der Waals surface area contributed by atoms with Gasteiger partial charge in [-0.3, -0.25) is 4.79 Å². The molecule has 96 valence electrons. The van der Waals surface area contributed by atoms with Crippen LogP contribution in [0.1, 0.15) is 37.0 Å². The quantitative estimate of drug-likeness (QED) is 0.657. The smallest absolute Gasteiger partial charge is 0.271 e. The fraction of sp³-hybridized carbons (Fsp3) is 0.385. The molecule has 0 unspecified atom stereocenters. The summed E-state index contributed by atoms with van der Waals surface area (Å²) in [6.07, 6.45) is 1.89. The zero-order valence-corrected chi connectivity index (χ0v) is 10.5. The van der Waals surface area contributed by atoms with Crippen molar-refractivity contribution in [2.75, 3.05) is 6.79 Å². The molecule has 1 heterocycles. The molecule has 18 heavy (non-hydrogen) atoms. The van der Waals surface area contributed by atoms with Gasteiger partial charge in [0.15, 0.2) is 11.5 Å². The maximum Gasteiger partial charge on any atom is 0.271 e. The van der Waals surface area contributed by atoms with Crippen LogP contribution in [0.5, 0.6) is 11.5 Å². The van der Waals surface area contributed by atoms with Crippen LogP contribution < -0.4 is 14.9 Å². The summed E-state index contributed by atoms with van der Waals surface area (Å²) in [5, 5.41) is 4.03. The predicted octanol–water partition coefficient (Wildman–Crippen LogP) is 2.32. The minimum absolute atomic E-state index is 0.203. The maximum absolute atomic E-state index is 11.8. The van der Waals surface area contributed by atoms with E-state index in [2.05, 4.69) is 17.5 Å². The molecule has 1 N–H and O–H groups in total. The van der Waals surface area contributed by atoms with Crippen LogP contribution in [0.3, 0.4) is 0 Å². The Morgan fingerprint density at radius 2 is 2.17 bits per heavy atom. The Morgan fingerprint density at radius 1 is 1.39 bits per heavy atom. The molecule has 0 saturated heterocycles. The number of hydrazone groups is 1. The zero-order valence-electron chi connectivity index (χ0n) is 10.5. The standard InChI is InChI=1S/C13H16N2O3/c1-3-4-9(2)14-15-13(16)10-5-6-11-12(7-10)18-8-17-11/h5-7H,3-4,8H2,1-2H3,(H,15,16)/b14-9-.